The van der Waals surface area contributed by atoms with Crippen molar-refractivity contribution in [3.8, 4) is 0 Å². The summed E-state index contributed by atoms with van der Waals surface area (Å²) in [6, 6.07) is 0. The lowest BCUT2D eigenvalue weighted by molar-refractivity contribution is -0.137. The first-order valence-corrected chi connectivity index (χ1v) is 5.03. The van der Waals surface area contributed by atoms with Gasteiger partial charge in [-0.3, -0.25) is 9.35 Å². The van der Waals surface area contributed by atoms with Crippen molar-refractivity contribution in [2.45, 2.75) is 26.7 Å². The molecule has 0 aromatic rings. The standard InChI is InChI=1S/C4H8O2.C2H6O4S/c1-2-3-4(5)6;1-2-6-7(3,4)5/h2-3H2,1H3,(H,5,6);2H2,1H3,(H,3,4,5). The molecule has 13 heavy (non-hydrogen) atoms. The predicted octanol–water partition coefficient (Wildman–Crippen LogP) is 0.697. The summed E-state index contributed by atoms with van der Waals surface area (Å²) in [4.78, 5) is 9.60. The van der Waals surface area contributed by atoms with Crippen LogP contribution < -0.4 is 0 Å². The first-order chi connectivity index (χ1) is 5.83. The van der Waals surface area contributed by atoms with Crippen LogP contribution in [-0.4, -0.2) is 30.7 Å². The SMILES string of the molecule is CCCC(=O)O.CCOS(=O)(=O)O. The Kier molecular flexibility index (Phi) is 9.09. The third-order valence-corrected chi connectivity index (χ3v) is 1.26. The Morgan fingerprint density at radius 2 is 1.85 bits per heavy atom. The molecular weight excluding hydrogens is 200 g/mol. The maximum absolute atomic E-state index is 9.60. The van der Waals surface area contributed by atoms with Gasteiger partial charge in [-0.2, -0.15) is 8.42 Å². The van der Waals surface area contributed by atoms with Crippen LogP contribution in [0.15, 0.2) is 0 Å². The zero-order valence-corrected chi connectivity index (χ0v) is 8.37. The normalized spacial score (nSPS) is 10.1. The Labute approximate surface area is 77.5 Å². The molecule has 0 radical (unpaired) electrons. The Hall–Kier alpha value is -0.660. The minimum atomic E-state index is -4.17. The van der Waals surface area contributed by atoms with E-state index in [-0.39, 0.29) is 6.61 Å². The maximum Gasteiger partial charge on any atom is 0.397 e. The molecule has 0 unspecified atom stereocenters. The van der Waals surface area contributed by atoms with Crippen molar-refractivity contribution in [3.05, 3.63) is 0 Å². The lowest BCUT2D eigenvalue weighted by atomic mass is 10.4. The van der Waals surface area contributed by atoms with E-state index in [0.717, 1.165) is 6.42 Å². The van der Waals surface area contributed by atoms with E-state index in [0.29, 0.717) is 6.42 Å². The minimum Gasteiger partial charge on any atom is -0.481 e. The molecule has 0 bridgehead atoms. The molecule has 6 nitrogen and oxygen atoms in total. The molecule has 0 aliphatic heterocycles. The molecule has 0 saturated carbocycles. The number of aliphatic carboxylic acids is 1. The topological polar surface area (TPSA) is 101 Å². The van der Waals surface area contributed by atoms with Gasteiger partial charge in [0.05, 0.1) is 6.61 Å². The Bertz CT molecular complexity index is 219. The van der Waals surface area contributed by atoms with E-state index >= 15 is 0 Å². The molecule has 0 spiro atoms. The zero-order chi connectivity index (χ0) is 10.9. The van der Waals surface area contributed by atoms with Crippen LogP contribution in [0.25, 0.3) is 0 Å². The third-order valence-electron chi connectivity index (χ3n) is 0.731. The number of carboxylic acid groups (broad SMARTS) is 1. The van der Waals surface area contributed by atoms with Gasteiger partial charge in [0.2, 0.25) is 0 Å². The summed E-state index contributed by atoms with van der Waals surface area (Å²) < 4.78 is 30.7. The summed E-state index contributed by atoms with van der Waals surface area (Å²) >= 11 is 0. The molecule has 0 aliphatic rings. The second kappa shape index (κ2) is 7.96. The van der Waals surface area contributed by atoms with E-state index in [9.17, 15) is 13.2 Å². The average Bonchev–Trinajstić information content (AvgIpc) is 1.84. The van der Waals surface area contributed by atoms with Crippen LogP contribution in [0, 0.1) is 0 Å². The van der Waals surface area contributed by atoms with E-state index < -0.39 is 16.4 Å². The van der Waals surface area contributed by atoms with Crippen molar-refractivity contribution in [2.75, 3.05) is 6.61 Å². The number of carboxylic acids is 1. The van der Waals surface area contributed by atoms with Crippen molar-refractivity contribution >= 4 is 16.4 Å². The molecule has 0 heterocycles. The summed E-state index contributed by atoms with van der Waals surface area (Å²) in [6.45, 7) is 3.28. The predicted molar refractivity (Wildman–Crippen MR) is 45.7 cm³/mol. The molecule has 2 N–H and O–H groups in total. The van der Waals surface area contributed by atoms with Gasteiger partial charge in [0.15, 0.2) is 0 Å². The first kappa shape index (κ1) is 14.8. The van der Waals surface area contributed by atoms with Crippen molar-refractivity contribution in [1.82, 2.24) is 0 Å². The highest BCUT2D eigenvalue weighted by molar-refractivity contribution is 7.80. The van der Waals surface area contributed by atoms with Gasteiger partial charge < -0.3 is 5.11 Å². The minimum absolute atomic E-state index is 0.0289. The van der Waals surface area contributed by atoms with Gasteiger partial charge >= 0.3 is 16.4 Å². The first-order valence-electron chi connectivity index (χ1n) is 3.67. The van der Waals surface area contributed by atoms with Gasteiger partial charge in [-0.25, -0.2) is 4.18 Å². The maximum atomic E-state index is 9.60. The summed E-state index contributed by atoms with van der Waals surface area (Å²) in [6.07, 6.45) is 1.02. The van der Waals surface area contributed by atoms with Gasteiger partial charge in [-0.1, -0.05) is 6.92 Å². The average molecular weight is 214 g/mol. The van der Waals surface area contributed by atoms with E-state index in [1.807, 2.05) is 6.92 Å². The summed E-state index contributed by atoms with van der Waals surface area (Å²) in [5, 5.41) is 7.91. The van der Waals surface area contributed by atoms with E-state index in [1.54, 1.807) is 0 Å². The molecule has 0 aromatic heterocycles. The Balaban J connectivity index is 0. The van der Waals surface area contributed by atoms with Crippen molar-refractivity contribution in [2.24, 2.45) is 0 Å². The fourth-order valence-corrected chi connectivity index (χ4v) is 0.661. The lowest BCUT2D eigenvalue weighted by Gasteiger charge is -1.88. The molecule has 0 fully saturated rings. The smallest absolute Gasteiger partial charge is 0.397 e. The van der Waals surface area contributed by atoms with Crippen LogP contribution in [0.4, 0.5) is 0 Å². The van der Waals surface area contributed by atoms with Gasteiger partial charge in [0.1, 0.15) is 0 Å². The molecule has 0 saturated heterocycles. The van der Waals surface area contributed by atoms with Crippen molar-refractivity contribution in [3.63, 3.8) is 0 Å². The number of hydrogen-bond acceptors (Lipinski definition) is 4. The molecule has 80 valence electrons. The second-order valence-corrected chi connectivity index (χ2v) is 3.07. The second-order valence-electron chi connectivity index (χ2n) is 1.98. The number of rotatable bonds is 4. The molecule has 0 amide bonds. The highest BCUT2D eigenvalue weighted by atomic mass is 32.3. The van der Waals surface area contributed by atoms with Crippen LogP contribution in [0.1, 0.15) is 26.7 Å². The van der Waals surface area contributed by atoms with Gasteiger partial charge in [-0.15, -0.1) is 0 Å². The van der Waals surface area contributed by atoms with Crippen LogP contribution in [0.2, 0.25) is 0 Å². The van der Waals surface area contributed by atoms with E-state index in [4.69, 9.17) is 9.66 Å². The highest BCUT2D eigenvalue weighted by Crippen LogP contribution is 1.82. The molecule has 7 heteroatoms. The fourth-order valence-electron chi connectivity index (χ4n) is 0.363. The van der Waals surface area contributed by atoms with Crippen LogP contribution in [-0.2, 0) is 19.4 Å². The van der Waals surface area contributed by atoms with Crippen LogP contribution in [0.5, 0.6) is 0 Å². The summed E-state index contributed by atoms with van der Waals surface area (Å²) in [5.74, 6) is -0.711. The van der Waals surface area contributed by atoms with Crippen LogP contribution >= 0.6 is 0 Å². The number of carbonyl (C=O) groups is 1. The fraction of sp³-hybridized carbons (Fsp3) is 0.833. The van der Waals surface area contributed by atoms with Gasteiger partial charge in [-0.05, 0) is 13.3 Å². The summed E-state index contributed by atoms with van der Waals surface area (Å²) in [7, 11) is -4.17. The van der Waals surface area contributed by atoms with Crippen molar-refractivity contribution < 1.29 is 27.1 Å². The largest absolute Gasteiger partial charge is 0.481 e. The third kappa shape index (κ3) is 24.6. The highest BCUT2D eigenvalue weighted by Gasteiger charge is 1.98. The molecule has 0 aliphatic carbocycles. The van der Waals surface area contributed by atoms with Crippen LogP contribution in [0.3, 0.4) is 0 Å². The lowest BCUT2D eigenvalue weighted by Crippen LogP contribution is -2.01. The molecule has 0 rings (SSSR count). The van der Waals surface area contributed by atoms with E-state index in [1.165, 1.54) is 6.92 Å². The van der Waals surface area contributed by atoms with E-state index in [2.05, 4.69) is 4.18 Å². The Morgan fingerprint density at radius 3 is 1.85 bits per heavy atom. The monoisotopic (exact) mass is 214 g/mol. The number of hydrogen-bond donors (Lipinski definition) is 2. The quantitative estimate of drug-likeness (QED) is 0.668. The van der Waals surface area contributed by atoms with Crippen molar-refractivity contribution in [1.29, 1.82) is 0 Å². The Morgan fingerprint density at radius 1 is 1.38 bits per heavy atom. The molecule has 0 aromatic carbocycles. The van der Waals surface area contributed by atoms with Gasteiger partial charge in [0.25, 0.3) is 0 Å². The summed E-state index contributed by atoms with van der Waals surface area (Å²) in [5.41, 5.74) is 0. The zero-order valence-electron chi connectivity index (χ0n) is 7.56. The van der Waals surface area contributed by atoms with Gasteiger partial charge in [0, 0.05) is 6.42 Å². The molecule has 0 atom stereocenters. The molecular formula is C6H14O6S.